The summed E-state index contributed by atoms with van der Waals surface area (Å²) in [6.45, 7) is 4.25. The highest BCUT2D eigenvalue weighted by atomic mass is 16.5. The van der Waals surface area contributed by atoms with Gasteiger partial charge in [-0.2, -0.15) is 0 Å². The monoisotopic (exact) mass is 180 g/mol. The molecular weight excluding hydrogens is 164 g/mol. The molecule has 0 aromatic heterocycles. The van der Waals surface area contributed by atoms with Gasteiger partial charge in [0.25, 0.3) is 0 Å². The van der Waals surface area contributed by atoms with Gasteiger partial charge in [-0.25, -0.2) is 0 Å². The molecule has 72 valence electrons. The van der Waals surface area contributed by atoms with Crippen molar-refractivity contribution in [1.29, 1.82) is 0 Å². The van der Waals surface area contributed by atoms with Crippen molar-refractivity contribution in [3.8, 4) is 0 Å². The lowest BCUT2D eigenvalue weighted by atomic mass is 10.0. The van der Waals surface area contributed by atoms with Crippen molar-refractivity contribution >= 4 is 5.78 Å². The van der Waals surface area contributed by atoms with Crippen LogP contribution in [0.15, 0.2) is 24.3 Å². The SMILES string of the molecule is C/C=C/[C@H]1C=C[C@@H](CC(C)=O)CO1. The van der Waals surface area contributed by atoms with E-state index in [0.29, 0.717) is 13.0 Å². The summed E-state index contributed by atoms with van der Waals surface area (Å²) in [5, 5.41) is 0. The average molecular weight is 180 g/mol. The number of rotatable bonds is 3. The Bertz CT molecular complexity index is 228. The lowest BCUT2D eigenvalue weighted by molar-refractivity contribution is -0.118. The summed E-state index contributed by atoms with van der Waals surface area (Å²) in [7, 11) is 0. The first kappa shape index (κ1) is 10.2. The van der Waals surface area contributed by atoms with E-state index in [0.717, 1.165) is 0 Å². The Hall–Kier alpha value is -0.890. The fourth-order valence-electron chi connectivity index (χ4n) is 1.42. The van der Waals surface area contributed by atoms with Crippen molar-refractivity contribution in [2.45, 2.75) is 26.4 Å². The van der Waals surface area contributed by atoms with Crippen LogP contribution in [0, 0.1) is 5.92 Å². The van der Waals surface area contributed by atoms with Crippen LogP contribution in [0.4, 0.5) is 0 Å². The van der Waals surface area contributed by atoms with Gasteiger partial charge in [-0.1, -0.05) is 24.3 Å². The molecule has 0 aromatic rings. The molecule has 1 aliphatic rings. The largest absolute Gasteiger partial charge is 0.369 e. The normalized spacial score (nSPS) is 28.2. The molecule has 2 nitrogen and oxygen atoms in total. The van der Waals surface area contributed by atoms with Crippen LogP contribution in [0.5, 0.6) is 0 Å². The molecule has 0 aliphatic carbocycles. The van der Waals surface area contributed by atoms with E-state index in [-0.39, 0.29) is 17.8 Å². The van der Waals surface area contributed by atoms with Gasteiger partial charge in [0.1, 0.15) is 5.78 Å². The van der Waals surface area contributed by atoms with Crippen molar-refractivity contribution < 1.29 is 9.53 Å². The third-order valence-electron chi connectivity index (χ3n) is 2.01. The number of allylic oxidation sites excluding steroid dienone is 1. The molecule has 0 fully saturated rings. The van der Waals surface area contributed by atoms with Crippen LogP contribution in [0.25, 0.3) is 0 Å². The highest BCUT2D eigenvalue weighted by molar-refractivity contribution is 5.75. The van der Waals surface area contributed by atoms with Crippen molar-refractivity contribution in [1.82, 2.24) is 0 Å². The predicted molar refractivity (Wildman–Crippen MR) is 52.5 cm³/mol. The molecule has 2 atom stereocenters. The van der Waals surface area contributed by atoms with Crippen molar-refractivity contribution in [3.63, 3.8) is 0 Å². The number of carbonyl (C=O) groups excluding carboxylic acids is 1. The van der Waals surface area contributed by atoms with Crippen LogP contribution in [0.3, 0.4) is 0 Å². The fraction of sp³-hybridized carbons (Fsp3) is 0.545. The molecule has 1 rings (SSSR count). The zero-order valence-electron chi connectivity index (χ0n) is 8.19. The molecule has 0 saturated heterocycles. The van der Waals surface area contributed by atoms with Gasteiger partial charge in [-0.05, 0) is 13.8 Å². The molecule has 0 N–H and O–H groups in total. The molecule has 1 aliphatic heterocycles. The smallest absolute Gasteiger partial charge is 0.130 e. The summed E-state index contributed by atoms with van der Waals surface area (Å²) in [6.07, 6.45) is 8.76. The molecule has 0 unspecified atom stereocenters. The van der Waals surface area contributed by atoms with Crippen LogP contribution in [0.1, 0.15) is 20.3 Å². The van der Waals surface area contributed by atoms with E-state index in [4.69, 9.17) is 4.74 Å². The Kier molecular flexibility index (Phi) is 3.90. The zero-order valence-corrected chi connectivity index (χ0v) is 8.19. The number of ether oxygens (including phenoxy) is 1. The highest BCUT2D eigenvalue weighted by Crippen LogP contribution is 2.15. The van der Waals surface area contributed by atoms with Crippen LogP contribution in [0.2, 0.25) is 0 Å². The van der Waals surface area contributed by atoms with Gasteiger partial charge >= 0.3 is 0 Å². The topological polar surface area (TPSA) is 26.3 Å². The minimum absolute atomic E-state index is 0.105. The summed E-state index contributed by atoms with van der Waals surface area (Å²) < 4.78 is 5.51. The summed E-state index contributed by atoms with van der Waals surface area (Å²) in [6, 6.07) is 0. The third-order valence-corrected chi connectivity index (χ3v) is 2.01. The molecule has 0 aromatic carbocycles. The maximum atomic E-state index is 10.8. The van der Waals surface area contributed by atoms with Crippen LogP contribution in [-0.2, 0) is 9.53 Å². The minimum atomic E-state index is 0.105. The van der Waals surface area contributed by atoms with Gasteiger partial charge < -0.3 is 9.53 Å². The number of Topliss-reactive ketones (excluding diaryl/α,β-unsaturated/α-hetero) is 1. The van der Waals surface area contributed by atoms with Gasteiger partial charge in [0.05, 0.1) is 12.7 Å². The molecule has 0 spiro atoms. The predicted octanol–water partition coefficient (Wildman–Crippen LogP) is 2.11. The van der Waals surface area contributed by atoms with Crippen LogP contribution in [-0.4, -0.2) is 18.5 Å². The summed E-state index contributed by atoms with van der Waals surface area (Å²) >= 11 is 0. The van der Waals surface area contributed by atoms with Gasteiger partial charge in [0.15, 0.2) is 0 Å². The molecule has 0 amide bonds. The van der Waals surface area contributed by atoms with Crippen LogP contribution < -0.4 is 0 Å². The number of hydrogen-bond acceptors (Lipinski definition) is 2. The Morgan fingerprint density at radius 1 is 1.62 bits per heavy atom. The van der Waals surface area contributed by atoms with Crippen LogP contribution >= 0.6 is 0 Å². The molecule has 13 heavy (non-hydrogen) atoms. The van der Waals surface area contributed by atoms with E-state index in [1.165, 1.54) is 0 Å². The quantitative estimate of drug-likeness (QED) is 0.622. The molecule has 2 heteroatoms. The van der Waals surface area contributed by atoms with Gasteiger partial charge in [0.2, 0.25) is 0 Å². The molecular formula is C11H16O2. The highest BCUT2D eigenvalue weighted by Gasteiger charge is 2.14. The van der Waals surface area contributed by atoms with E-state index in [1.54, 1.807) is 6.92 Å². The standard InChI is InChI=1S/C11H16O2/c1-3-4-11-6-5-10(8-13-11)7-9(2)12/h3-6,10-11H,7-8H2,1-2H3/b4-3+/t10-,11-/m0/s1. The third kappa shape index (κ3) is 3.55. The number of ketones is 1. The minimum Gasteiger partial charge on any atom is -0.369 e. The molecule has 0 radical (unpaired) electrons. The second kappa shape index (κ2) is 4.97. The van der Waals surface area contributed by atoms with Crippen molar-refractivity contribution in [3.05, 3.63) is 24.3 Å². The first-order valence-corrected chi connectivity index (χ1v) is 4.64. The first-order valence-electron chi connectivity index (χ1n) is 4.64. The molecule has 0 saturated carbocycles. The van der Waals surface area contributed by atoms with E-state index in [2.05, 4.69) is 6.08 Å². The fourth-order valence-corrected chi connectivity index (χ4v) is 1.42. The van der Waals surface area contributed by atoms with Crippen molar-refractivity contribution in [2.24, 2.45) is 5.92 Å². The second-order valence-corrected chi connectivity index (χ2v) is 3.37. The first-order chi connectivity index (χ1) is 6.22. The maximum absolute atomic E-state index is 10.8. The Balaban J connectivity index is 2.42. The van der Waals surface area contributed by atoms with Gasteiger partial charge in [0, 0.05) is 12.3 Å². The zero-order chi connectivity index (χ0) is 9.68. The van der Waals surface area contributed by atoms with Crippen molar-refractivity contribution in [2.75, 3.05) is 6.61 Å². The van der Waals surface area contributed by atoms with Gasteiger partial charge in [-0.15, -0.1) is 0 Å². The van der Waals surface area contributed by atoms with E-state index >= 15 is 0 Å². The Labute approximate surface area is 79.3 Å². The lowest BCUT2D eigenvalue weighted by Crippen LogP contribution is -2.20. The number of carbonyl (C=O) groups is 1. The maximum Gasteiger partial charge on any atom is 0.130 e. The summed E-state index contributed by atoms with van der Waals surface area (Å²) in [4.78, 5) is 10.8. The summed E-state index contributed by atoms with van der Waals surface area (Å²) in [5.74, 6) is 0.502. The van der Waals surface area contributed by atoms with E-state index in [9.17, 15) is 4.79 Å². The second-order valence-electron chi connectivity index (χ2n) is 3.37. The summed E-state index contributed by atoms with van der Waals surface area (Å²) in [5.41, 5.74) is 0. The van der Waals surface area contributed by atoms with E-state index in [1.807, 2.05) is 25.2 Å². The average Bonchev–Trinajstić information content (AvgIpc) is 2.08. The van der Waals surface area contributed by atoms with E-state index < -0.39 is 0 Å². The molecule has 0 bridgehead atoms. The van der Waals surface area contributed by atoms with Gasteiger partial charge in [-0.3, -0.25) is 0 Å². The Morgan fingerprint density at radius 3 is 2.85 bits per heavy atom. The lowest BCUT2D eigenvalue weighted by Gasteiger charge is -2.20. The number of hydrogen-bond donors (Lipinski definition) is 0. The molecule has 1 heterocycles. The Morgan fingerprint density at radius 2 is 2.38 bits per heavy atom.